The van der Waals surface area contributed by atoms with Crippen LogP contribution in [0.1, 0.15) is 59.8 Å². The second-order valence-electron chi connectivity index (χ2n) is 7.23. The van der Waals surface area contributed by atoms with E-state index in [0.717, 1.165) is 37.0 Å². The number of hydrogen-bond acceptors (Lipinski definition) is 4. The normalized spacial score (nSPS) is 24.9. The van der Waals surface area contributed by atoms with E-state index in [-0.39, 0.29) is 16.2 Å². The van der Waals surface area contributed by atoms with Crippen LogP contribution in [0.2, 0.25) is 0 Å². The molecule has 0 aromatic rings. The largest absolute Gasteiger partial charge is 0.465 e. The number of imide groups is 1. The number of carbonyl (C=O) groups excluding carboxylic acids is 2. The van der Waals surface area contributed by atoms with Gasteiger partial charge in [0.15, 0.2) is 5.70 Å². The van der Waals surface area contributed by atoms with Gasteiger partial charge in [0, 0.05) is 0 Å². The molecule has 2 aliphatic rings. The van der Waals surface area contributed by atoms with E-state index in [1.54, 1.807) is 13.8 Å². The number of rotatable bonds is 7. The van der Waals surface area contributed by atoms with Crippen LogP contribution in [0.15, 0.2) is 11.5 Å². The Morgan fingerprint density at radius 1 is 1.12 bits per heavy atom. The minimum atomic E-state index is -1.21. The number of carboxylic acid groups (broad SMARTS) is 1. The predicted octanol–water partition coefficient (Wildman–Crippen LogP) is 2.53. The van der Waals surface area contributed by atoms with Crippen molar-refractivity contribution in [2.75, 3.05) is 13.1 Å². The Bertz CT molecular complexity index is 614. The van der Waals surface area contributed by atoms with E-state index < -0.39 is 17.7 Å². The third kappa shape index (κ3) is 3.22. The number of nitrogens with zero attached hydrogens (tertiary/aromatic N) is 2. The van der Waals surface area contributed by atoms with E-state index in [4.69, 9.17) is 0 Å². The van der Waals surface area contributed by atoms with Gasteiger partial charge in [-0.1, -0.05) is 26.7 Å². The van der Waals surface area contributed by atoms with Gasteiger partial charge >= 0.3 is 12.1 Å². The first-order valence-electron chi connectivity index (χ1n) is 9.00. The summed E-state index contributed by atoms with van der Waals surface area (Å²) in [5.74, 6) is -0.230. The van der Waals surface area contributed by atoms with Crippen LogP contribution in [0, 0.1) is 0 Å². The molecular formula is C17H29N4O4+. The third-order valence-electron chi connectivity index (χ3n) is 4.91. The third-order valence-corrected chi connectivity index (χ3v) is 4.91. The summed E-state index contributed by atoms with van der Waals surface area (Å²) >= 11 is 0. The summed E-state index contributed by atoms with van der Waals surface area (Å²) in [4.78, 5) is 38.1. The molecule has 2 aliphatic heterocycles. The molecule has 4 amide bonds. The molecule has 2 heterocycles. The molecule has 0 fully saturated rings. The van der Waals surface area contributed by atoms with Gasteiger partial charge in [0.25, 0.3) is 5.91 Å². The van der Waals surface area contributed by atoms with Crippen molar-refractivity contribution >= 4 is 18.0 Å². The van der Waals surface area contributed by atoms with Crippen molar-refractivity contribution in [2.24, 2.45) is 0 Å². The fourth-order valence-corrected chi connectivity index (χ4v) is 3.61. The fourth-order valence-electron chi connectivity index (χ4n) is 3.61. The Morgan fingerprint density at radius 3 is 2.28 bits per heavy atom. The van der Waals surface area contributed by atoms with Crippen molar-refractivity contribution < 1.29 is 24.0 Å². The Hall–Kier alpha value is -2.09. The van der Waals surface area contributed by atoms with Crippen LogP contribution in [-0.2, 0) is 4.79 Å². The van der Waals surface area contributed by atoms with Crippen LogP contribution in [0.3, 0.4) is 0 Å². The Kier molecular flexibility index (Phi) is 5.41. The number of carbonyl (C=O) groups is 3. The molecule has 0 spiro atoms. The second kappa shape index (κ2) is 7.03. The molecule has 0 bridgehead atoms. The first kappa shape index (κ1) is 19.2. The molecule has 0 aliphatic carbocycles. The Morgan fingerprint density at radius 2 is 1.72 bits per heavy atom. The number of urea groups is 1. The zero-order chi connectivity index (χ0) is 18.8. The second-order valence-corrected chi connectivity index (χ2v) is 7.23. The van der Waals surface area contributed by atoms with Gasteiger partial charge in [-0.3, -0.25) is 4.79 Å². The van der Waals surface area contributed by atoms with Gasteiger partial charge in [0.05, 0.1) is 13.1 Å². The van der Waals surface area contributed by atoms with Crippen molar-refractivity contribution in [2.45, 2.75) is 65.5 Å². The molecule has 8 heteroatoms. The zero-order valence-electron chi connectivity index (χ0n) is 15.5. The minimum absolute atomic E-state index is 0.0396. The summed E-state index contributed by atoms with van der Waals surface area (Å²) in [6.45, 7) is 8.59. The van der Waals surface area contributed by atoms with E-state index in [1.165, 1.54) is 0 Å². The maximum absolute atomic E-state index is 12.9. The molecular weight excluding hydrogens is 324 g/mol. The van der Waals surface area contributed by atoms with Crippen molar-refractivity contribution in [1.82, 2.24) is 15.5 Å². The maximum Gasteiger partial charge on any atom is 0.429 e. The minimum Gasteiger partial charge on any atom is -0.465 e. The average molecular weight is 353 g/mol. The molecule has 0 aromatic heterocycles. The Labute approximate surface area is 148 Å². The van der Waals surface area contributed by atoms with Gasteiger partial charge in [-0.25, -0.2) is 19.8 Å². The highest BCUT2D eigenvalue weighted by Crippen LogP contribution is 2.37. The predicted molar refractivity (Wildman–Crippen MR) is 92.1 cm³/mol. The summed E-state index contributed by atoms with van der Waals surface area (Å²) in [6.07, 6.45) is 3.31. The molecule has 1 atom stereocenters. The highest BCUT2D eigenvalue weighted by Gasteiger charge is 2.58. The molecule has 0 saturated heterocycles. The lowest BCUT2D eigenvalue weighted by molar-refractivity contribution is -0.817. The van der Waals surface area contributed by atoms with Crippen molar-refractivity contribution in [1.29, 1.82) is 0 Å². The summed E-state index contributed by atoms with van der Waals surface area (Å²) in [5, 5.41) is 15.2. The van der Waals surface area contributed by atoms with E-state index in [9.17, 15) is 19.5 Å². The van der Waals surface area contributed by atoms with Gasteiger partial charge in [-0.2, -0.15) is 4.48 Å². The van der Waals surface area contributed by atoms with Crippen LogP contribution in [0.4, 0.5) is 9.59 Å². The highest BCUT2D eigenvalue weighted by atomic mass is 16.4. The first-order valence-corrected chi connectivity index (χ1v) is 9.00. The number of nitrogens with one attached hydrogen (secondary N) is 2. The van der Waals surface area contributed by atoms with Gasteiger partial charge in [0.2, 0.25) is 5.82 Å². The van der Waals surface area contributed by atoms with Crippen molar-refractivity contribution in [3.05, 3.63) is 11.5 Å². The summed E-state index contributed by atoms with van der Waals surface area (Å²) in [6, 6.07) is -0.371. The molecule has 0 radical (unpaired) electrons. The number of hydrogen-bond donors (Lipinski definition) is 3. The summed E-state index contributed by atoms with van der Waals surface area (Å²) in [7, 11) is 0. The van der Waals surface area contributed by atoms with Crippen molar-refractivity contribution in [3.8, 4) is 0 Å². The first-order chi connectivity index (χ1) is 11.7. The monoisotopic (exact) mass is 353 g/mol. The topological polar surface area (TPSA) is 98.7 Å². The Balaban J connectivity index is 2.56. The molecule has 1 unspecified atom stereocenters. The molecule has 8 nitrogen and oxygen atoms in total. The lowest BCUT2D eigenvalue weighted by Crippen LogP contribution is -2.64. The van der Waals surface area contributed by atoms with E-state index in [0.29, 0.717) is 18.9 Å². The van der Waals surface area contributed by atoms with Gasteiger partial charge in [-0.05, 0) is 33.1 Å². The molecule has 0 saturated carbocycles. The smallest absolute Gasteiger partial charge is 0.429 e. The lowest BCUT2D eigenvalue weighted by atomic mass is 10.1. The van der Waals surface area contributed by atoms with Crippen molar-refractivity contribution in [3.63, 3.8) is 0 Å². The number of unbranched alkanes of at least 4 members (excludes halogenated alkanes) is 3. The number of quaternary nitrogens is 1. The van der Waals surface area contributed by atoms with E-state index in [1.807, 2.05) is 6.92 Å². The summed E-state index contributed by atoms with van der Waals surface area (Å²) in [5.41, 5.74) is -0.941. The highest BCUT2D eigenvalue weighted by molar-refractivity contribution is 6.06. The van der Waals surface area contributed by atoms with Crippen LogP contribution in [0.5, 0.6) is 0 Å². The molecule has 2 rings (SSSR count). The van der Waals surface area contributed by atoms with Crippen LogP contribution < -0.4 is 10.6 Å². The average Bonchev–Trinajstić information content (AvgIpc) is 2.82. The fraction of sp³-hybridized carbons (Fsp3) is 0.706. The molecule has 3 N–H and O–H groups in total. The van der Waals surface area contributed by atoms with Crippen LogP contribution in [-0.4, -0.2) is 51.3 Å². The number of amides is 4. The SMILES string of the molecule is CCCCC[N+]1(CCCC)C(=O)NC(=O)C2=C1NC(C)(C)N2C(=O)O. The molecule has 140 valence electrons. The summed E-state index contributed by atoms with van der Waals surface area (Å²) < 4.78 is -0.0396. The van der Waals surface area contributed by atoms with Gasteiger partial charge in [0.1, 0.15) is 5.66 Å². The standard InChI is InChI=1S/C17H28N4O4/c1-5-7-9-11-21(10-8-6-2)13-12(14(22)18-15(21)23)20(16(24)25)17(3,4)19-13/h5-11H2,1-4H3,(H2-,18,19,22,23,24,25)/p+1. The van der Waals surface area contributed by atoms with Gasteiger partial charge in [-0.15, -0.1) is 0 Å². The van der Waals surface area contributed by atoms with Crippen LogP contribution in [0.25, 0.3) is 0 Å². The molecule has 25 heavy (non-hydrogen) atoms. The van der Waals surface area contributed by atoms with E-state index >= 15 is 0 Å². The molecule has 0 aromatic carbocycles. The quantitative estimate of drug-likeness (QED) is 0.482. The van der Waals surface area contributed by atoms with Gasteiger partial charge < -0.3 is 10.4 Å². The maximum atomic E-state index is 12.9. The van der Waals surface area contributed by atoms with Crippen LogP contribution >= 0.6 is 0 Å². The zero-order valence-corrected chi connectivity index (χ0v) is 15.5. The van der Waals surface area contributed by atoms with E-state index in [2.05, 4.69) is 17.6 Å². The lowest BCUT2D eigenvalue weighted by Gasteiger charge is -2.38.